The van der Waals surface area contributed by atoms with E-state index in [4.69, 9.17) is 16.6 Å². The SMILES string of the molecule is CC(=O)OCCN=[N+]=[N-].[N-]=[N+]=N. The van der Waals surface area contributed by atoms with E-state index in [9.17, 15) is 4.79 Å². The predicted molar refractivity (Wildman–Crippen MR) is 40.1 cm³/mol. The van der Waals surface area contributed by atoms with Gasteiger partial charge in [0.05, 0.1) is 13.2 Å². The Morgan fingerprint density at radius 2 is 2.17 bits per heavy atom. The highest BCUT2D eigenvalue weighted by molar-refractivity contribution is 5.65. The van der Waals surface area contributed by atoms with Crippen LogP contribution in [0.5, 0.6) is 0 Å². The summed E-state index contributed by atoms with van der Waals surface area (Å²) < 4.78 is 4.44. The number of carbonyl (C=O) groups excluding carboxylic acids is 1. The average molecular weight is 172 g/mol. The van der Waals surface area contributed by atoms with Crippen molar-refractivity contribution >= 4 is 5.97 Å². The average Bonchev–Trinajstić information content (AvgIpc) is 1.99. The summed E-state index contributed by atoms with van der Waals surface area (Å²) in [5.74, 6) is -0.358. The molecule has 8 heteroatoms. The lowest BCUT2D eigenvalue weighted by Gasteiger charge is -1.94. The minimum absolute atomic E-state index is 0.166. The lowest BCUT2D eigenvalue weighted by molar-refractivity contribution is -0.140. The smallest absolute Gasteiger partial charge is 0.302 e. The quantitative estimate of drug-likeness (QED) is 0.228. The number of nitrogens with zero attached hydrogens (tertiary/aromatic N) is 5. The van der Waals surface area contributed by atoms with Crippen molar-refractivity contribution in [2.24, 2.45) is 5.11 Å². The van der Waals surface area contributed by atoms with Crippen LogP contribution in [0, 0.1) is 5.53 Å². The van der Waals surface area contributed by atoms with Gasteiger partial charge in [0.2, 0.25) is 0 Å². The van der Waals surface area contributed by atoms with E-state index in [0.29, 0.717) is 0 Å². The predicted octanol–water partition coefficient (Wildman–Crippen LogP) is 1.74. The molecule has 0 unspecified atom stereocenters. The molecule has 0 aromatic heterocycles. The molecule has 0 amide bonds. The normalized spacial score (nSPS) is 6.42. The Kier molecular flexibility index (Phi) is 12.6. The van der Waals surface area contributed by atoms with E-state index < -0.39 is 0 Å². The topological polar surface area (TPSA) is 135 Å². The van der Waals surface area contributed by atoms with Crippen molar-refractivity contribution in [3.63, 3.8) is 0 Å². The standard InChI is InChI=1S/C4H7N3O2.HN3/c1-4(8)9-3-2-6-7-5;1-3-2/h2-3H2,1H3;1H. The molecule has 0 bridgehead atoms. The molecule has 0 saturated carbocycles. The van der Waals surface area contributed by atoms with Crippen molar-refractivity contribution in [2.75, 3.05) is 13.2 Å². The highest BCUT2D eigenvalue weighted by Crippen LogP contribution is 1.76. The molecular formula is C4H8N6O2. The lowest BCUT2D eigenvalue weighted by atomic mass is 10.7. The van der Waals surface area contributed by atoms with Crippen LogP contribution in [0.15, 0.2) is 5.11 Å². The summed E-state index contributed by atoms with van der Waals surface area (Å²) in [6, 6.07) is 0. The monoisotopic (exact) mass is 172 g/mol. The minimum Gasteiger partial charge on any atom is -0.466 e. The van der Waals surface area contributed by atoms with Crippen molar-refractivity contribution in [1.29, 1.82) is 5.53 Å². The summed E-state index contributed by atoms with van der Waals surface area (Å²) in [6.07, 6.45) is 0. The molecule has 0 heterocycles. The third-order valence-electron chi connectivity index (χ3n) is 0.560. The van der Waals surface area contributed by atoms with Crippen LogP contribution < -0.4 is 0 Å². The Hall–Kier alpha value is -1.91. The van der Waals surface area contributed by atoms with Gasteiger partial charge < -0.3 is 4.74 Å². The van der Waals surface area contributed by atoms with Gasteiger partial charge in [-0.05, 0) is 16.0 Å². The van der Waals surface area contributed by atoms with E-state index in [-0.39, 0.29) is 19.1 Å². The maximum atomic E-state index is 10.0. The van der Waals surface area contributed by atoms with Crippen molar-refractivity contribution in [3.05, 3.63) is 20.9 Å². The summed E-state index contributed by atoms with van der Waals surface area (Å²) in [5.41, 5.74) is 20.0. The molecule has 66 valence electrons. The lowest BCUT2D eigenvalue weighted by Crippen LogP contribution is -2.02. The van der Waals surface area contributed by atoms with Crippen LogP contribution in [0.25, 0.3) is 20.9 Å². The maximum Gasteiger partial charge on any atom is 0.302 e. The molecule has 0 spiro atoms. The van der Waals surface area contributed by atoms with Crippen LogP contribution in [0.4, 0.5) is 0 Å². The van der Waals surface area contributed by atoms with Crippen LogP contribution in [-0.2, 0) is 9.53 Å². The van der Waals surface area contributed by atoms with Gasteiger partial charge in [-0.25, -0.2) is 0 Å². The molecule has 0 rings (SSSR count). The second-order valence-corrected chi connectivity index (χ2v) is 1.39. The Morgan fingerprint density at radius 3 is 2.50 bits per heavy atom. The molecular weight excluding hydrogens is 164 g/mol. The first kappa shape index (κ1) is 12.7. The molecule has 0 aromatic carbocycles. The summed E-state index contributed by atoms with van der Waals surface area (Å²) in [5, 5.41) is 3.15. The number of ether oxygens (including phenoxy) is 1. The zero-order chi connectivity index (χ0) is 9.82. The van der Waals surface area contributed by atoms with Gasteiger partial charge in [-0.15, -0.1) is 5.53 Å². The van der Waals surface area contributed by atoms with Gasteiger partial charge in [-0.3, -0.25) is 4.79 Å². The van der Waals surface area contributed by atoms with E-state index in [1.165, 1.54) is 6.92 Å². The van der Waals surface area contributed by atoms with Crippen LogP contribution in [-0.4, -0.2) is 19.1 Å². The molecule has 12 heavy (non-hydrogen) atoms. The Bertz CT molecular complexity index is 200. The zero-order valence-corrected chi connectivity index (χ0v) is 6.47. The van der Waals surface area contributed by atoms with Crippen LogP contribution in [0.2, 0.25) is 0 Å². The highest BCUT2D eigenvalue weighted by atomic mass is 16.5. The second kappa shape index (κ2) is 11.8. The van der Waals surface area contributed by atoms with Gasteiger partial charge in [-0.2, -0.15) is 0 Å². The van der Waals surface area contributed by atoms with Crippen LogP contribution >= 0.6 is 0 Å². The maximum absolute atomic E-state index is 10.0. The molecule has 0 aliphatic carbocycles. The number of azide groups is 1. The van der Waals surface area contributed by atoms with Gasteiger partial charge >= 0.3 is 5.97 Å². The fourth-order valence-corrected chi connectivity index (χ4v) is 0.275. The number of esters is 1. The summed E-state index contributed by atoms with van der Waals surface area (Å²) >= 11 is 0. The van der Waals surface area contributed by atoms with Crippen molar-refractivity contribution in [1.82, 2.24) is 0 Å². The Morgan fingerprint density at radius 1 is 1.67 bits per heavy atom. The van der Waals surface area contributed by atoms with Gasteiger partial charge in [-0.1, -0.05) is 5.11 Å². The Balaban J connectivity index is 0. The van der Waals surface area contributed by atoms with E-state index in [0.717, 1.165) is 0 Å². The summed E-state index contributed by atoms with van der Waals surface area (Å²) in [6.45, 7) is 1.67. The minimum atomic E-state index is -0.358. The van der Waals surface area contributed by atoms with Gasteiger partial charge in [0.15, 0.2) is 0 Å². The number of nitrogens with one attached hydrogen (secondary N) is 1. The molecule has 8 nitrogen and oxygen atoms in total. The van der Waals surface area contributed by atoms with Crippen molar-refractivity contribution in [3.8, 4) is 0 Å². The number of carbonyl (C=O) groups is 1. The fraction of sp³-hybridized carbons (Fsp3) is 0.750. The number of hydrogen-bond donors (Lipinski definition) is 1. The zero-order valence-electron chi connectivity index (χ0n) is 6.47. The third kappa shape index (κ3) is 24.3. The van der Waals surface area contributed by atoms with Gasteiger partial charge in [0.25, 0.3) is 0 Å². The first-order valence-electron chi connectivity index (χ1n) is 2.84. The van der Waals surface area contributed by atoms with Crippen molar-refractivity contribution < 1.29 is 9.53 Å². The molecule has 0 atom stereocenters. The van der Waals surface area contributed by atoms with E-state index in [1.54, 1.807) is 4.91 Å². The highest BCUT2D eigenvalue weighted by Gasteiger charge is 1.87. The Labute approximate surface area is 68.2 Å². The fourth-order valence-electron chi connectivity index (χ4n) is 0.275. The van der Waals surface area contributed by atoms with Crippen molar-refractivity contribution in [2.45, 2.75) is 6.92 Å². The van der Waals surface area contributed by atoms with E-state index in [1.807, 2.05) is 0 Å². The second-order valence-electron chi connectivity index (χ2n) is 1.39. The largest absolute Gasteiger partial charge is 0.466 e. The summed E-state index contributed by atoms with van der Waals surface area (Å²) in [4.78, 5) is 14.3. The third-order valence-corrected chi connectivity index (χ3v) is 0.560. The molecule has 0 aromatic rings. The first-order valence-corrected chi connectivity index (χ1v) is 2.84. The molecule has 0 saturated heterocycles. The molecule has 1 N–H and O–H groups in total. The number of rotatable bonds is 3. The molecule has 0 fully saturated rings. The molecule has 0 aliphatic rings. The van der Waals surface area contributed by atoms with E-state index >= 15 is 0 Å². The first-order chi connectivity index (χ1) is 5.68. The summed E-state index contributed by atoms with van der Waals surface area (Å²) in [7, 11) is 0. The number of hydrogen-bond acceptors (Lipinski definition) is 4. The van der Waals surface area contributed by atoms with Crippen LogP contribution in [0.1, 0.15) is 6.92 Å². The van der Waals surface area contributed by atoms with Gasteiger partial charge in [0, 0.05) is 11.8 Å². The molecule has 0 radical (unpaired) electrons. The molecule has 0 aliphatic heterocycles. The van der Waals surface area contributed by atoms with E-state index in [2.05, 4.69) is 14.8 Å². The van der Waals surface area contributed by atoms with Crippen LogP contribution in [0.3, 0.4) is 0 Å². The van der Waals surface area contributed by atoms with Gasteiger partial charge in [0.1, 0.15) is 0 Å².